The Labute approximate surface area is 96.5 Å². The third kappa shape index (κ3) is 1.89. The summed E-state index contributed by atoms with van der Waals surface area (Å²) in [5.74, 6) is -0.322. The van der Waals surface area contributed by atoms with E-state index in [1.54, 1.807) is 18.3 Å². The molecule has 7 nitrogen and oxygen atoms in total. The van der Waals surface area contributed by atoms with Gasteiger partial charge < -0.3 is 15.6 Å². The van der Waals surface area contributed by atoms with Crippen LogP contribution >= 0.6 is 0 Å². The second-order valence-corrected chi connectivity index (χ2v) is 3.21. The van der Waals surface area contributed by atoms with Crippen LogP contribution in [0.5, 0.6) is 5.75 Å². The van der Waals surface area contributed by atoms with Crippen molar-refractivity contribution in [2.45, 2.75) is 0 Å². The van der Waals surface area contributed by atoms with E-state index < -0.39 is 5.97 Å². The monoisotopic (exact) mass is 234 g/mol. The first kappa shape index (κ1) is 10.9. The van der Waals surface area contributed by atoms with E-state index in [0.29, 0.717) is 11.6 Å². The molecule has 0 aliphatic rings. The van der Waals surface area contributed by atoms with Crippen LogP contribution in [0, 0.1) is 0 Å². The van der Waals surface area contributed by atoms with Crippen LogP contribution in [0.4, 0.5) is 5.69 Å². The lowest BCUT2D eigenvalue weighted by Crippen LogP contribution is -2.04. The molecule has 17 heavy (non-hydrogen) atoms. The van der Waals surface area contributed by atoms with E-state index in [9.17, 15) is 4.79 Å². The van der Waals surface area contributed by atoms with E-state index in [1.807, 2.05) is 0 Å². The zero-order valence-electron chi connectivity index (χ0n) is 8.99. The molecule has 0 spiro atoms. The van der Waals surface area contributed by atoms with Crippen LogP contribution in [0.2, 0.25) is 0 Å². The maximum atomic E-state index is 10.8. The summed E-state index contributed by atoms with van der Waals surface area (Å²) in [4.78, 5) is 14.9. The molecule has 3 N–H and O–H groups in total. The van der Waals surface area contributed by atoms with Gasteiger partial charge in [0.1, 0.15) is 0 Å². The van der Waals surface area contributed by atoms with Crippen molar-refractivity contribution in [3.63, 3.8) is 0 Å². The topological polar surface area (TPSA) is 103 Å². The normalized spacial score (nSPS) is 10.2. The smallest absolute Gasteiger partial charge is 0.358 e. The number of anilines is 1. The number of carbonyl (C=O) groups is 1. The van der Waals surface area contributed by atoms with E-state index >= 15 is 0 Å². The first-order valence-electron chi connectivity index (χ1n) is 4.71. The van der Waals surface area contributed by atoms with Gasteiger partial charge in [0.15, 0.2) is 17.3 Å². The van der Waals surface area contributed by atoms with Crippen molar-refractivity contribution in [2.75, 3.05) is 12.8 Å². The van der Waals surface area contributed by atoms with Crippen molar-refractivity contribution in [3.8, 4) is 11.6 Å². The first-order chi connectivity index (χ1) is 8.13. The minimum absolute atomic E-state index is 0.0743. The van der Waals surface area contributed by atoms with Crippen LogP contribution in [0.1, 0.15) is 10.5 Å². The number of nitrogens with two attached hydrogens (primary N) is 1. The fraction of sp³-hybridized carbons (Fsp3) is 0.100. The lowest BCUT2D eigenvalue weighted by atomic mass is 10.4. The summed E-state index contributed by atoms with van der Waals surface area (Å²) in [6, 6.07) is 3.40. The van der Waals surface area contributed by atoms with E-state index in [1.165, 1.54) is 18.0 Å². The van der Waals surface area contributed by atoms with Crippen molar-refractivity contribution in [1.82, 2.24) is 14.8 Å². The Kier molecular flexibility index (Phi) is 2.65. The average Bonchev–Trinajstić information content (AvgIpc) is 2.71. The molecular formula is C10H10N4O3. The lowest BCUT2D eigenvalue weighted by Gasteiger charge is -2.05. The molecule has 2 aromatic heterocycles. The van der Waals surface area contributed by atoms with Crippen molar-refractivity contribution in [2.24, 2.45) is 0 Å². The van der Waals surface area contributed by atoms with Crippen molar-refractivity contribution >= 4 is 11.7 Å². The Morgan fingerprint density at radius 2 is 2.35 bits per heavy atom. The van der Waals surface area contributed by atoms with Crippen LogP contribution in [0.15, 0.2) is 24.5 Å². The Morgan fingerprint density at radius 3 is 2.94 bits per heavy atom. The van der Waals surface area contributed by atoms with Gasteiger partial charge in [-0.15, -0.1) is 0 Å². The standard InChI is InChI=1S/C10H10N4O3/c1-17-7-3-2-4-12-9(7)14-5-6(11)8(13-14)10(15)16/h2-5H,11H2,1H3,(H,15,16). The van der Waals surface area contributed by atoms with E-state index in [-0.39, 0.29) is 11.4 Å². The highest BCUT2D eigenvalue weighted by Crippen LogP contribution is 2.20. The second kappa shape index (κ2) is 4.12. The number of hydrogen-bond donors (Lipinski definition) is 2. The van der Waals surface area contributed by atoms with Gasteiger partial charge in [-0.25, -0.2) is 14.5 Å². The second-order valence-electron chi connectivity index (χ2n) is 3.21. The summed E-state index contributed by atoms with van der Waals surface area (Å²) in [5, 5.41) is 12.7. The molecule has 2 heterocycles. The largest absolute Gasteiger partial charge is 0.493 e. The summed E-state index contributed by atoms with van der Waals surface area (Å²) < 4.78 is 6.37. The molecule has 7 heteroatoms. The van der Waals surface area contributed by atoms with Crippen LogP contribution in [0.3, 0.4) is 0 Å². The van der Waals surface area contributed by atoms with Crippen LogP contribution < -0.4 is 10.5 Å². The molecule has 2 rings (SSSR count). The Morgan fingerprint density at radius 1 is 1.59 bits per heavy atom. The highest BCUT2D eigenvalue weighted by molar-refractivity contribution is 5.91. The number of rotatable bonds is 3. The maximum absolute atomic E-state index is 10.8. The van der Waals surface area contributed by atoms with Gasteiger partial charge in [0, 0.05) is 6.20 Å². The molecule has 0 aliphatic carbocycles. The Balaban J connectivity index is 2.53. The molecule has 0 atom stereocenters. The molecule has 0 saturated carbocycles. The van der Waals surface area contributed by atoms with Gasteiger partial charge in [0.2, 0.25) is 0 Å². The highest BCUT2D eigenvalue weighted by Gasteiger charge is 2.16. The molecule has 0 amide bonds. The van der Waals surface area contributed by atoms with Gasteiger partial charge in [-0.1, -0.05) is 0 Å². The third-order valence-electron chi connectivity index (χ3n) is 2.13. The summed E-state index contributed by atoms with van der Waals surface area (Å²) in [5.41, 5.74) is 5.40. The minimum Gasteiger partial charge on any atom is -0.493 e. The molecule has 0 unspecified atom stereocenters. The van der Waals surface area contributed by atoms with Gasteiger partial charge in [-0.3, -0.25) is 0 Å². The van der Waals surface area contributed by atoms with E-state index in [2.05, 4.69) is 10.1 Å². The highest BCUT2D eigenvalue weighted by atomic mass is 16.5. The Bertz CT molecular complexity index is 564. The number of ether oxygens (including phenoxy) is 1. The Hall–Kier alpha value is -2.57. The lowest BCUT2D eigenvalue weighted by molar-refractivity contribution is 0.0691. The van der Waals surface area contributed by atoms with Crippen molar-refractivity contribution in [3.05, 3.63) is 30.2 Å². The minimum atomic E-state index is -1.18. The van der Waals surface area contributed by atoms with E-state index in [4.69, 9.17) is 15.6 Å². The van der Waals surface area contributed by atoms with E-state index in [0.717, 1.165) is 0 Å². The van der Waals surface area contributed by atoms with Crippen molar-refractivity contribution < 1.29 is 14.6 Å². The van der Waals surface area contributed by atoms with Crippen LogP contribution in [0.25, 0.3) is 5.82 Å². The van der Waals surface area contributed by atoms with Gasteiger partial charge in [-0.2, -0.15) is 5.10 Å². The maximum Gasteiger partial charge on any atom is 0.358 e. The fourth-order valence-electron chi connectivity index (χ4n) is 1.38. The van der Waals surface area contributed by atoms with Gasteiger partial charge in [0.25, 0.3) is 0 Å². The predicted molar refractivity (Wildman–Crippen MR) is 59.3 cm³/mol. The predicted octanol–water partition coefficient (Wildman–Crippen LogP) is 0.556. The molecule has 0 saturated heterocycles. The van der Waals surface area contributed by atoms with Crippen LogP contribution in [-0.2, 0) is 0 Å². The first-order valence-corrected chi connectivity index (χ1v) is 4.71. The van der Waals surface area contributed by atoms with Gasteiger partial charge >= 0.3 is 5.97 Å². The SMILES string of the molecule is COc1cccnc1-n1cc(N)c(C(=O)O)n1. The molecule has 0 aromatic carbocycles. The fourth-order valence-corrected chi connectivity index (χ4v) is 1.38. The number of carboxylic acid groups (broad SMARTS) is 1. The number of aromatic carboxylic acids is 1. The molecular weight excluding hydrogens is 224 g/mol. The number of hydrogen-bond acceptors (Lipinski definition) is 5. The number of carboxylic acids is 1. The molecule has 0 fully saturated rings. The number of pyridine rings is 1. The molecule has 0 aliphatic heterocycles. The van der Waals surface area contributed by atoms with Crippen LogP contribution in [-0.4, -0.2) is 33.0 Å². The zero-order valence-corrected chi connectivity index (χ0v) is 8.99. The molecule has 0 radical (unpaired) electrons. The third-order valence-corrected chi connectivity index (χ3v) is 2.13. The van der Waals surface area contributed by atoms with Gasteiger partial charge in [0.05, 0.1) is 19.0 Å². The molecule has 88 valence electrons. The quantitative estimate of drug-likeness (QED) is 0.804. The van der Waals surface area contributed by atoms with Gasteiger partial charge in [-0.05, 0) is 12.1 Å². The molecule has 2 aromatic rings. The molecule has 0 bridgehead atoms. The summed E-state index contributed by atoms with van der Waals surface area (Å²) >= 11 is 0. The summed E-state index contributed by atoms with van der Waals surface area (Å²) in [7, 11) is 1.49. The summed E-state index contributed by atoms with van der Waals surface area (Å²) in [6.45, 7) is 0. The van der Waals surface area contributed by atoms with Crippen molar-refractivity contribution in [1.29, 1.82) is 0 Å². The number of nitrogens with zero attached hydrogens (tertiary/aromatic N) is 3. The summed E-state index contributed by atoms with van der Waals surface area (Å²) in [6.07, 6.45) is 2.93. The number of methoxy groups -OCH3 is 1. The number of aromatic nitrogens is 3. The number of nitrogen functional groups attached to an aromatic ring is 1. The average molecular weight is 234 g/mol. The zero-order chi connectivity index (χ0) is 12.4.